The van der Waals surface area contributed by atoms with Crippen molar-refractivity contribution in [3.05, 3.63) is 42.2 Å². The molecule has 116 valence electrons. The first-order valence-corrected chi connectivity index (χ1v) is 7.21. The summed E-state index contributed by atoms with van der Waals surface area (Å²) in [4.78, 5) is 22.4. The molecule has 0 fully saturated rings. The zero-order chi connectivity index (χ0) is 15.9. The van der Waals surface area contributed by atoms with Crippen LogP contribution in [-0.2, 0) is 0 Å². The van der Waals surface area contributed by atoms with Gasteiger partial charge in [-0.2, -0.15) is 0 Å². The highest BCUT2D eigenvalue weighted by atomic mass is 16.5. The van der Waals surface area contributed by atoms with Crippen LogP contribution in [0.15, 0.2) is 36.5 Å². The summed E-state index contributed by atoms with van der Waals surface area (Å²) >= 11 is 0. The Bertz CT molecular complexity index is 624. The highest BCUT2D eigenvalue weighted by molar-refractivity contribution is 5.92. The zero-order valence-electron chi connectivity index (χ0n) is 13.0. The van der Waals surface area contributed by atoms with Crippen LogP contribution in [0.4, 0.5) is 11.6 Å². The van der Waals surface area contributed by atoms with Crippen molar-refractivity contribution in [3.8, 4) is 5.75 Å². The van der Waals surface area contributed by atoms with Crippen molar-refractivity contribution in [1.82, 2.24) is 14.9 Å². The van der Waals surface area contributed by atoms with E-state index in [2.05, 4.69) is 15.3 Å². The van der Waals surface area contributed by atoms with Gasteiger partial charge >= 0.3 is 0 Å². The molecule has 0 saturated carbocycles. The molecule has 0 saturated heterocycles. The van der Waals surface area contributed by atoms with Crippen LogP contribution < -0.4 is 10.1 Å². The molecule has 1 aromatic heterocycles. The second-order valence-electron chi connectivity index (χ2n) is 4.60. The normalized spacial score (nSPS) is 10.1. The van der Waals surface area contributed by atoms with Crippen molar-refractivity contribution in [3.63, 3.8) is 0 Å². The number of ether oxygens (including phenoxy) is 1. The van der Waals surface area contributed by atoms with Crippen molar-refractivity contribution in [2.45, 2.75) is 13.8 Å². The van der Waals surface area contributed by atoms with Crippen molar-refractivity contribution in [1.29, 1.82) is 0 Å². The van der Waals surface area contributed by atoms with Gasteiger partial charge in [0.2, 0.25) is 5.95 Å². The highest BCUT2D eigenvalue weighted by Crippen LogP contribution is 2.17. The Hall–Kier alpha value is -2.63. The number of nitrogens with zero attached hydrogens (tertiary/aromatic N) is 3. The van der Waals surface area contributed by atoms with Crippen LogP contribution in [0.1, 0.15) is 24.3 Å². The number of anilines is 2. The van der Waals surface area contributed by atoms with E-state index < -0.39 is 0 Å². The molecule has 1 heterocycles. The Morgan fingerprint density at radius 3 is 2.45 bits per heavy atom. The molecular formula is C16H20N4O2. The van der Waals surface area contributed by atoms with E-state index in [-0.39, 0.29) is 5.91 Å². The summed E-state index contributed by atoms with van der Waals surface area (Å²) in [6.07, 6.45) is 1.58. The number of carbonyl (C=O) groups is 1. The van der Waals surface area contributed by atoms with E-state index in [4.69, 9.17) is 4.74 Å². The maximum atomic E-state index is 12.3. The van der Waals surface area contributed by atoms with Gasteiger partial charge in [-0.1, -0.05) is 0 Å². The monoisotopic (exact) mass is 300 g/mol. The summed E-state index contributed by atoms with van der Waals surface area (Å²) in [5.41, 5.74) is 1.21. The van der Waals surface area contributed by atoms with E-state index in [9.17, 15) is 4.79 Å². The predicted octanol–water partition coefficient (Wildman–Crippen LogP) is 2.71. The van der Waals surface area contributed by atoms with Crippen molar-refractivity contribution in [2.75, 3.05) is 25.5 Å². The first-order valence-electron chi connectivity index (χ1n) is 7.21. The fraction of sp³-hybridized carbons (Fsp3) is 0.312. The fourth-order valence-electron chi connectivity index (χ4n) is 2.01. The van der Waals surface area contributed by atoms with Crippen LogP contribution in [0.3, 0.4) is 0 Å². The molecule has 0 aliphatic rings. The number of methoxy groups -OCH3 is 1. The van der Waals surface area contributed by atoms with Crippen LogP contribution in [-0.4, -0.2) is 41.0 Å². The third-order valence-electron chi connectivity index (χ3n) is 3.27. The second-order valence-corrected chi connectivity index (χ2v) is 4.60. The molecule has 0 aliphatic carbocycles. The molecule has 6 nitrogen and oxygen atoms in total. The lowest BCUT2D eigenvalue weighted by molar-refractivity contribution is 0.0767. The number of carbonyl (C=O) groups excluding carboxylic acids is 1. The number of benzene rings is 1. The van der Waals surface area contributed by atoms with Gasteiger partial charge in [-0.3, -0.25) is 4.79 Å². The minimum absolute atomic E-state index is 0.0924. The highest BCUT2D eigenvalue weighted by Gasteiger charge is 2.14. The first-order chi connectivity index (χ1) is 10.7. The third-order valence-corrected chi connectivity index (χ3v) is 3.27. The molecule has 2 rings (SSSR count). The summed E-state index contributed by atoms with van der Waals surface area (Å²) in [5, 5.41) is 3.08. The maximum absolute atomic E-state index is 12.3. The van der Waals surface area contributed by atoms with Gasteiger partial charge in [0, 0.05) is 25.0 Å². The quantitative estimate of drug-likeness (QED) is 0.888. The van der Waals surface area contributed by atoms with Crippen LogP contribution >= 0.6 is 0 Å². The Morgan fingerprint density at radius 2 is 1.86 bits per heavy atom. The Morgan fingerprint density at radius 1 is 1.18 bits per heavy atom. The average Bonchev–Trinajstić information content (AvgIpc) is 2.57. The van der Waals surface area contributed by atoms with Gasteiger partial charge in [-0.05, 0) is 44.2 Å². The molecule has 0 spiro atoms. The average molecular weight is 300 g/mol. The van der Waals surface area contributed by atoms with Gasteiger partial charge in [0.05, 0.1) is 7.11 Å². The number of nitrogens with one attached hydrogen (secondary N) is 1. The number of hydrogen-bond acceptors (Lipinski definition) is 5. The van der Waals surface area contributed by atoms with Gasteiger partial charge in [-0.25, -0.2) is 9.97 Å². The van der Waals surface area contributed by atoms with Crippen LogP contribution in [0.2, 0.25) is 0 Å². The zero-order valence-corrected chi connectivity index (χ0v) is 13.0. The minimum Gasteiger partial charge on any atom is -0.497 e. The molecule has 2 aromatic rings. The van der Waals surface area contributed by atoms with Crippen molar-refractivity contribution >= 4 is 17.5 Å². The lowest BCUT2D eigenvalue weighted by Gasteiger charge is -2.18. The first kappa shape index (κ1) is 15.8. The number of amides is 1. The van der Waals surface area contributed by atoms with Crippen LogP contribution in [0.25, 0.3) is 0 Å². The maximum Gasteiger partial charge on any atom is 0.272 e. The van der Waals surface area contributed by atoms with Crippen LogP contribution in [0.5, 0.6) is 5.75 Å². The van der Waals surface area contributed by atoms with Gasteiger partial charge in [0.25, 0.3) is 5.91 Å². The minimum atomic E-state index is -0.0924. The smallest absolute Gasteiger partial charge is 0.272 e. The number of rotatable bonds is 6. The number of aromatic nitrogens is 2. The van der Waals surface area contributed by atoms with E-state index >= 15 is 0 Å². The Kier molecular flexibility index (Phi) is 5.30. The SMILES string of the molecule is CCN(CC)C(=O)c1ccnc(Nc2ccc(OC)cc2)n1. The summed E-state index contributed by atoms with van der Waals surface area (Å²) < 4.78 is 5.11. The summed E-state index contributed by atoms with van der Waals surface area (Å²) in [7, 11) is 1.62. The van der Waals surface area contributed by atoms with E-state index in [0.717, 1.165) is 11.4 Å². The molecule has 6 heteroatoms. The molecule has 1 aromatic carbocycles. The van der Waals surface area contributed by atoms with Crippen molar-refractivity contribution < 1.29 is 9.53 Å². The second kappa shape index (κ2) is 7.40. The van der Waals surface area contributed by atoms with E-state index in [0.29, 0.717) is 24.7 Å². The van der Waals surface area contributed by atoms with E-state index in [1.807, 2.05) is 38.1 Å². The molecular weight excluding hydrogens is 280 g/mol. The molecule has 22 heavy (non-hydrogen) atoms. The lowest BCUT2D eigenvalue weighted by Crippen LogP contribution is -2.31. The lowest BCUT2D eigenvalue weighted by atomic mass is 10.3. The van der Waals surface area contributed by atoms with Crippen LogP contribution in [0, 0.1) is 0 Å². The van der Waals surface area contributed by atoms with E-state index in [1.54, 1.807) is 24.3 Å². The molecule has 0 unspecified atom stereocenters. The fourth-order valence-corrected chi connectivity index (χ4v) is 2.01. The van der Waals surface area contributed by atoms with Gasteiger partial charge in [0.15, 0.2) is 0 Å². The summed E-state index contributed by atoms with van der Waals surface area (Å²) in [6.45, 7) is 5.19. The van der Waals surface area contributed by atoms with E-state index in [1.165, 1.54) is 0 Å². The Labute approximate surface area is 130 Å². The van der Waals surface area contributed by atoms with Gasteiger partial charge in [0.1, 0.15) is 11.4 Å². The third kappa shape index (κ3) is 3.72. The summed E-state index contributed by atoms with van der Waals surface area (Å²) in [5.74, 6) is 1.07. The Balaban J connectivity index is 2.15. The summed E-state index contributed by atoms with van der Waals surface area (Å²) in [6, 6.07) is 9.03. The molecule has 1 N–H and O–H groups in total. The molecule has 1 amide bonds. The molecule has 0 bridgehead atoms. The molecule has 0 aliphatic heterocycles. The topological polar surface area (TPSA) is 67.4 Å². The van der Waals surface area contributed by atoms with Crippen molar-refractivity contribution in [2.24, 2.45) is 0 Å². The number of hydrogen-bond donors (Lipinski definition) is 1. The molecule has 0 radical (unpaired) electrons. The standard InChI is InChI=1S/C16H20N4O2/c1-4-20(5-2)15(21)14-10-11-17-16(19-14)18-12-6-8-13(22-3)9-7-12/h6-11H,4-5H2,1-3H3,(H,17,18,19). The van der Waals surface area contributed by atoms with Gasteiger partial charge < -0.3 is 15.0 Å². The predicted molar refractivity (Wildman–Crippen MR) is 85.6 cm³/mol. The van der Waals surface area contributed by atoms with Gasteiger partial charge in [-0.15, -0.1) is 0 Å². The largest absolute Gasteiger partial charge is 0.497 e. The molecule has 0 atom stereocenters.